The quantitative estimate of drug-likeness (QED) is 0.219. The van der Waals surface area contributed by atoms with E-state index in [2.05, 4.69) is 120 Å². The summed E-state index contributed by atoms with van der Waals surface area (Å²) in [6.45, 7) is 2.38. The molecule has 4 heterocycles. The lowest BCUT2D eigenvalue weighted by Crippen LogP contribution is -2.24. The summed E-state index contributed by atoms with van der Waals surface area (Å²) in [7, 11) is 0. The van der Waals surface area contributed by atoms with Crippen molar-refractivity contribution >= 4 is 82.9 Å². The molecule has 5 aromatic carbocycles. The number of nitrogens with zero attached hydrogens (tertiary/aromatic N) is 2. The molecule has 0 fully saturated rings. The van der Waals surface area contributed by atoms with Gasteiger partial charge in [0.15, 0.2) is 0 Å². The normalized spacial score (nSPS) is 18.8. The summed E-state index contributed by atoms with van der Waals surface area (Å²) in [6, 6.07) is 35.6. The molecule has 3 nitrogen and oxygen atoms in total. The van der Waals surface area contributed by atoms with Gasteiger partial charge in [0, 0.05) is 25.9 Å². The molecule has 194 valence electrons. The third kappa shape index (κ3) is 2.85. The highest BCUT2D eigenvalue weighted by molar-refractivity contribution is 7.19. The van der Waals surface area contributed by atoms with E-state index >= 15 is 0 Å². The van der Waals surface area contributed by atoms with E-state index < -0.39 is 0 Å². The smallest absolute Gasteiger partial charge is 0.141 e. The minimum absolute atomic E-state index is 0.0447. The maximum Gasteiger partial charge on any atom is 0.141 e. The Labute approximate surface area is 241 Å². The zero-order chi connectivity index (χ0) is 26.8. The molecule has 1 aliphatic carbocycles. The molecule has 0 bridgehead atoms. The molecule has 10 rings (SSSR count). The lowest BCUT2D eigenvalue weighted by Gasteiger charge is -2.24. The van der Waals surface area contributed by atoms with Crippen LogP contribution in [0.25, 0.3) is 54.3 Å². The average molecular weight is 544 g/mol. The molecule has 41 heavy (non-hydrogen) atoms. The zero-order valence-electron chi connectivity index (χ0n) is 22.5. The Hall–Kier alpha value is -4.67. The largest absolute Gasteiger partial charge is 0.370 e. The van der Waals surface area contributed by atoms with Crippen LogP contribution in [0.5, 0.6) is 0 Å². The van der Waals surface area contributed by atoms with Crippen molar-refractivity contribution in [3.8, 4) is 0 Å². The summed E-state index contributed by atoms with van der Waals surface area (Å²) in [5.74, 6) is 1.58. The SMILES string of the molecule is CC1CC(c2ccc3c(c2)c2c4ccccc4cc4c2n3C2=Nc3ccccc3NC24)=Cc2c1sc1ccccc21. The number of hydrogen-bond acceptors (Lipinski definition) is 3. The first-order valence-corrected chi connectivity index (χ1v) is 15.2. The Morgan fingerprint density at radius 2 is 1.68 bits per heavy atom. The Balaban J connectivity index is 1.26. The van der Waals surface area contributed by atoms with Gasteiger partial charge in [0.05, 0.1) is 22.4 Å². The van der Waals surface area contributed by atoms with Crippen LogP contribution in [0.1, 0.15) is 46.9 Å². The van der Waals surface area contributed by atoms with Crippen LogP contribution in [0.2, 0.25) is 0 Å². The van der Waals surface area contributed by atoms with Gasteiger partial charge in [0.25, 0.3) is 0 Å². The lowest BCUT2D eigenvalue weighted by atomic mass is 9.85. The summed E-state index contributed by atoms with van der Waals surface area (Å²) in [5.41, 5.74) is 10.1. The molecule has 0 spiro atoms. The number of hydrogen-bond donors (Lipinski definition) is 1. The molecular formula is C37H25N3S. The van der Waals surface area contributed by atoms with Gasteiger partial charge in [-0.05, 0) is 87.7 Å². The topological polar surface area (TPSA) is 29.3 Å². The molecule has 0 radical (unpaired) electrons. The fourth-order valence-electron chi connectivity index (χ4n) is 7.53. The molecule has 0 saturated carbocycles. The van der Waals surface area contributed by atoms with Crippen LogP contribution in [0.4, 0.5) is 11.4 Å². The number of para-hydroxylation sites is 2. The number of thiophene rings is 1. The van der Waals surface area contributed by atoms with E-state index in [-0.39, 0.29) is 6.04 Å². The number of benzene rings is 5. The molecule has 0 saturated heterocycles. The number of rotatable bonds is 1. The predicted molar refractivity (Wildman–Crippen MR) is 175 cm³/mol. The van der Waals surface area contributed by atoms with Crippen molar-refractivity contribution < 1.29 is 0 Å². The minimum Gasteiger partial charge on any atom is -0.370 e. The first kappa shape index (κ1) is 22.1. The predicted octanol–water partition coefficient (Wildman–Crippen LogP) is 10.3. The minimum atomic E-state index is 0.0447. The van der Waals surface area contributed by atoms with Crippen molar-refractivity contribution in [2.75, 3.05) is 5.32 Å². The van der Waals surface area contributed by atoms with Gasteiger partial charge >= 0.3 is 0 Å². The van der Waals surface area contributed by atoms with Crippen molar-refractivity contribution in [2.45, 2.75) is 25.3 Å². The molecule has 2 atom stereocenters. The summed E-state index contributed by atoms with van der Waals surface area (Å²) in [6.07, 6.45) is 3.53. The summed E-state index contributed by atoms with van der Waals surface area (Å²) < 4.78 is 3.81. The molecule has 7 aromatic rings. The third-order valence-electron chi connectivity index (χ3n) is 9.34. The van der Waals surface area contributed by atoms with E-state index in [9.17, 15) is 0 Å². The fraction of sp³-hybridized carbons (Fsp3) is 0.108. The Morgan fingerprint density at radius 3 is 2.63 bits per heavy atom. The van der Waals surface area contributed by atoms with Crippen LogP contribution in [0.3, 0.4) is 0 Å². The highest BCUT2D eigenvalue weighted by Gasteiger charge is 2.37. The second-order valence-electron chi connectivity index (χ2n) is 11.7. The molecule has 4 heteroatoms. The van der Waals surface area contributed by atoms with Gasteiger partial charge in [0.1, 0.15) is 11.9 Å². The van der Waals surface area contributed by atoms with Crippen molar-refractivity contribution in [3.05, 3.63) is 119 Å². The number of aliphatic imine (C=N–C) groups is 1. The van der Waals surface area contributed by atoms with Gasteiger partial charge in [-0.1, -0.05) is 67.6 Å². The van der Waals surface area contributed by atoms with Crippen LogP contribution >= 0.6 is 11.3 Å². The number of fused-ring (bicyclic) bond motifs is 12. The van der Waals surface area contributed by atoms with Crippen LogP contribution in [0.15, 0.2) is 102 Å². The number of allylic oxidation sites excluding steroid dienone is 1. The second-order valence-corrected chi connectivity index (χ2v) is 12.8. The van der Waals surface area contributed by atoms with Gasteiger partial charge in [-0.2, -0.15) is 0 Å². The molecule has 3 aliphatic rings. The fourth-order valence-corrected chi connectivity index (χ4v) is 8.77. The van der Waals surface area contributed by atoms with Gasteiger partial charge in [-0.25, -0.2) is 4.99 Å². The van der Waals surface area contributed by atoms with Crippen LogP contribution < -0.4 is 5.32 Å². The van der Waals surface area contributed by atoms with Gasteiger partial charge < -0.3 is 5.32 Å². The highest BCUT2D eigenvalue weighted by Crippen LogP contribution is 2.50. The lowest BCUT2D eigenvalue weighted by molar-refractivity contribution is 0.803. The molecule has 2 aliphatic heterocycles. The Bertz CT molecular complexity index is 2350. The average Bonchev–Trinajstić information content (AvgIpc) is 3.66. The van der Waals surface area contributed by atoms with E-state index in [1.807, 2.05) is 11.3 Å². The van der Waals surface area contributed by atoms with E-state index in [1.54, 1.807) is 0 Å². The van der Waals surface area contributed by atoms with Gasteiger partial charge in [-0.3, -0.25) is 4.57 Å². The summed E-state index contributed by atoms with van der Waals surface area (Å²) in [4.78, 5) is 6.76. The maximum absolute atomic E-state index is 5.24. The Kier molecular flexibility index (Phi) is 4.17. The monoisotopic (exact) mass is 543 g/mol. The van der Waals surface area contributed by atoms with Crippen LogP contribution in [-0.2, 0) is 0 Å². The first-order chi connectivity index (χ1) is 20.2. The first-order valence-electron chi connectivity index (χ1n) is 14.4. The molecular weight excluding hydrogens is 518 g/mol. The van der Waals surface area contributed by atoms with Crippen LogP contribution in [-0.4, -0.2) is 10.4 Å². The van der Waals surface area contributed by atoms with Crippen LogP contribution in [0, 0.1) is 0 Å². The Morgan fingerprint density at radius 1 is 0.854 bits per heavy atom. The third-order valence-corrected chi connectivity index (χ3v) is 10.8. The number of aromatic nitrogens is 1. The summed E-state index contributed by atoms with van der Waals surface area (Å²) >= 11 is 1.96. The molecule has 2 aromatic heterocycles. The molecule has 0 amide bonds. The van der Waals surface area contributed by atoms with E-state index in [1.165, 1.54) is 69.8 Å². The second kappa shape index (κ2) is 7.74. The highest BCUT2D eigenvalue weighted by atomic mass is 32.1. The summed E-state index contributed by atoms with van der Waals surface area (Å²) in [5, 5.41) is 10.4. The number of nitrogens with one attached hydrogen (secondary N) is 1. The standard InChI is InChI=1S/C37H25N3S/c1-20-16-23(19-26-25-10-4-7-13-32(25)41-36(20)26)21-14-15-31-27(17-21)33-24-9-3-2-8-22(24)18-28-34-37(40(31)35(28)33)39-30-12-6-5-11-29(30)38-34/h2-15,17-20,34,38H,16H2,1H3. The van der Waals surface area contributed by atoms with E-state index in [0.29, 0.717) is 5.92 Å². The van der Waals surface area contributed by atoms with E-state index in [4.69, 9.17) is 4.99 Å². The van der Waals surface area contributed by atoms with Crippen molar-refractivity contribution in [1.29, 1.82) is 0 Å². The number of anilines is 1. The molecule has 1 N–H and O–H groups in total. The van der Waals surface area contributed by atoms with Crippen molar-refractivity contribution in [3.63, 3.8) is 0 Å². The molecule has 2 unspecified atom stereocenters. The van der Waals surface area contributed by atoms with Crippen molar-refractivity contribution in [1.82, 2.24) is 4.57 Å². The van der Waals surface area contributed by atoms with Crippen molar-refractivity contribution in [2.24, 2.45) is 4.99 Å². The van der Waals surface area contributed by atoms with E-state index in [0.717, 1.165) is 23.6 Å². The van der Waals surface area contributed by atoms with Gasteiger partial charge in [-0.15, -0.1) is 11.3 Å². The van der Waals surface area contributed by atoms with Gasteiger partial charge in [0.2, 0.25) is 0 Å². The maximum atomic E-state index is 5.24. The zero-order valence-corrected chi connectivity index (χ0v) is 23.3.